The first-order chi connectivity index (χ1) is 31.8. The van der Waals surface area contributed by atoms with E-state index in [0.717, 1.165) is 70.5 Å². The van der Waals surface area contributed by atoms with Crippen LogP contribution in [0.4, 0.5) is 30.4 Å². The number of nitrogens with zero attached hydrogens (tertiary/aromatic N) is 11. The molecule has 1 saturated carbocycles. The van der Waals surface area contributed by atoms with Crippen molar-refractivity contribution in [2.75, 3.05) is 87.2 Å². The number of hydrogen-bond acceptors (Lipinski definition) is 12. The number of imidazole rings is 1. The van der Waals surface area contributed by atoms with E-state index in [-0.39, 0.29) is 60.9 Å². The van der Waals surface area contributed by atoms with Gasteiger partial charge in [0.1, 0.15) is 17.4 Å². The number of ether oxygens (including phenoxy) is 1. The topological polar surface area (TPSA) is 172 Å². The molecule has 0 bridgehead atoms. The predicted molar refractivity (Wildman–Crippen MR) is 239 cm³/mol. The molecule has 0 spiro atoms. The number of amides is 3. The van der Waals surface area contributed by atoms with Gasteiger partial charge in [0, 0.05) is 78.2 Å². The summed E-state index contributed by atoms with van der Waals surface area (Å²) >= 11 is 0. The first kappa shape index (κ1) is 44.1. The number of halogens is 3. The van der Waals surface area contributed by atoms with E-state index >= 15 is 4.39 Å². The lowest BCUT2D eigenvalue weighted by Gasteiger charge is -2.49. The van der Waals surface area contributed by atoms with Gasteiger partial charge in [0.25, 0.3) is 12.3 Å². The molecule has 8 heterocycles. The molecule has 5 aromatic rings. The van der Waals surface area contributed by atoms with Gasteiger partial charge in [0.05, 0.1) is 60.4 Å². The zero-order valence-corrected chi connectivity index (χ0v) is 37.3. The molecule has 21 heteroatoms. The molecule has 10 rings (SSSR count). The number of benzene rings is 1. The number of piperidine rings is 1. The van der Waals surface area contributed by atoms with Gasteiger partial charge < -0.3 is 24.8 Å². The Kier molecular flexibility index (Phi) is 11.9. The Labute approximate surface area is 378 Å². The third-order valence-corrected chi connectivity index (χ3v) is 14.3. The van der Waals surface area contributed by atoms with Crippen LogP contribution in [0.3, 0.4) is 0 Å². The molecule has 352 valence electrons. The minimum atomic E-state index is -2.88. The summed E-state index contributed by atoms with van der Waals surface area (Å²) in [7, 11) is 1.65. The van der Waals surface area contributed by atoms with E-state index in [4.69, 9.17) is 9.72 Å². The number of imide groups is 1. The van der Waals surface area contributed by atoms with Crippen LogP contribution in [-0.2, 0) is 21.4 Å². The van der Waals surface area contributed by atoms with E-state index < -0.39 is 35.6 Å². The number of morpholine rings is 1. The fraction of sp³-hybridized carbons (Fsp3) is 0.578. The van der Waals surface area contributed by atoms with E-state index in [9.17, 15) is 28.0 Å². The van der Waals surface area contributed by atoms with Crippen LogP contribution >= 0.6 is 0 Å². The summed E-state index contributed by atoms with van der Waals surface area (Å²) in [4.78, 5) is 64.9. The molecule has 5 aliphatic rings. The highest BCUT2D eigenvalue weighted by atomic mass is 19.3. The van der Waals surface area contributed by atoms with Gasteiger partial charge in [-0.25, -0.2) is 27.5 Å². The smallest absolute Gasteiger partial charge is 0.329 e. The van der Waals surface area contributed by atoms with Gasteiger partial charge in [-0.15, -0.1) is 0 Å². The average Bonchev–Trinajstić information content (AvgIpc) is 4.00. The third kappa shape index (κ3) is 8.44. The predicted octanol–water partition coefficient (Wildman–Crippen LogP) is 3.94. The monoisotopic (exact) mass is 915 g/mol. The Hall–Kier alpha value is -5.80. The minimum Gasteiger partial charge on any atom is -0.375 e. The highest BCUT2D eigenvalue weighted by Gasteiger charge is 2.46. The molecule has 1 aliphatic carbocycles. The van der Waals surface area contributed by atoms with Gasteiger partial charge in [-0.05, 0) is 62.6 Å². The molecule has 4 saturated heterocycles. The molecule has 2 atom stereocenters. The van der Waals surface area contributed by atoms with Crippen LogP contribution in [-0.4, -0.2) is 145 Å². The van der Waals surface area contributed by atoms with Gasteiger partial charge >= 0.3 is 5.69 Å². The summed E-state index contributed by atoms with van der Waals surface area (Å²) in [5.74, 6) is -0.307. The molecule has 5 fully saturated rings. The van der Waals surface area contributed by atoms with E-state index in [1.807, 2.05) is 23.1 Å². The summed E-state index contributed by atoms with van der Waals surface area (Å²) in [5.41, 5.74) is 0.187. The number of carbonyl (C=O) groups excluding carboxylic acids is 3. The second-order valence-corrected chi connectivity index (χ2v) is 18.7. The SMILES string of the molecule is CCC1CN(c2ccn3ncc(C(=O)Nc4cn(C5CCC(CN6CCN(CC7(F)CN(c8cccc9c8n(C)c(=O)n9C8CCC(=O)NC8=O)C7)CC6)CC5)nc4C(F)F)c3n2)CCO1. The van der Waals surface area contributed by atoms with E-state index in [2.05, 4.69) is 42.5 Å². The first-order valence-corrected chi connectivity index (χ1v) is 23.2. The fourth-order valence-corrected chi connectivity index (χ4v) is 10.7. The summed E-state index contributed by atoms with van der Waals surface area (Å²) < 4.78 is 56.8. The molecule has 3 amide bonds. The Bertz CT molecular complexity index is 2690. The van der Waals surface area contributed by atoms with Crippen LogP contribution in [0.25, 0.3) is 16.7 Å². The molecule has 66 heavy (non-hydrogen) atoms. The second kappa shape index (κ2) is 17.8. The van der Waals surface area contributed by atoms with Crippen molar-refractivity contribution in [3.05, 3.63) is 64.6 Å². The number of hydrogen-bond donors (Lipinski definition) is 2. The standard InChI is InChI=1S/C45H56F3N13O5/c1-3-30-23-57(19-20-66-30)36-13-14-59-41(51-36)31(21-49-59)42(63)50-32-24-60(53-38(32)40(46)47)29-9-7-28(8-10-29)22-55-15-17-56(18-16-55)25-45(48)26-58(27-45)33-5-4-6-34-39(33)54(2)44(65)61(34)35-11-12-37(62)52-43(35)64/h4-6,13-14,21,24,28-30,35,40H,3,7-12,15-20,22-23,25-27H2,1-2H3,(H,50,63)(H,52,62,64). The number of nitrogens with one attached hydrogen (secondary N) is 2. The van der Waals surface area contributed by atoms with E-state index in [1.165, 1.54) is 26.0 Å². The van der Waals surface area contributed by atoms with Gasteiger partial charge in [0.2, 0.25) is 11.8 Å². The normalized spacial score (nSPS) is 24.3. The van der Waals surface area contributed by atoms with Crippen molar-refractivity contribution >= 4 is 51.6 Å². The number of anilines is 3. The van der Waals surface area contributed by atoms with Crippen LogP contribution in [0.1, 0.15) is 86.4 Å². The summed E-state index contributed by atoms with van der Waals surface area (Å²) in [6.07, 6.45) is 6.49. The summed E-state index contributed by atoms with van der Waals surface area (Å²) in [5, 5.41) is 13.6. The first-order valence-electron chi connectivity index (χ1n) is 23.2. The van der Waals surface area contributed by atoms with Crippen LogP contribution in [0.15, 0.2) is 47.7 Å². The second-order valence-electron chi connectivity index (χ2n) is 18.7. The number of alkyl halides is 3. The number of rotatable bonds is 12. The lowest BCUT2D eigenvalue weighted by molar-refractivity contribution is -0.135. The van der Waals surface area contributed by atoms with Crippen molar-refractivity contribution in [2.45, 2.75) is 82.2 Å². The quantitative estimate of drug-likeness (QED) is 0.173. The summed E-state index contributed by atoms with van der Waals surface area (Å²) in [6.45, 7) is 8.73. The maximum absolute atomic E-state index is 16.2. The molecular weight excluding hydrogens is 860 g/mol. The lowest BCUT2D eigenvalue weighted by Crippen LogP contribution is -2.65. The van der Waals surface area contributed by atoms with Gasteiger partial charge in [-0.1, -0.05) is 13.0 Å². The van der Waals surface area contributed by atoms with Crippen molar-refractivity contribution in [3.63, 3.8) is 0 Å². The van der Waals surface area contributed by atoms with Crippen molar-refractivity contribution in [2.24, 2.45) is 13.0 Å². The highest BCUT2D eigenvalue weighted by molar-refractivity contribution is 6.08. The molecule has 18 nitrogen and oxygen atoms in total. The maximum Gasteiger partial charge on any atom is 0.329 e. The third-order valence-electron chi connectivity index (χ3n) is 14.3. The van der Waals surface area contributed by atoms with Crippen LogP contribution in [0.2, 0.25) is 0 Å². The number of para-hydroxylation sites is 1. The summed E-state index contributed by atoms with van der Waals surface area (Å²) in [6, 6.07) is 6.45. The molecule has 2 unspecified atom stereocenters. The molecular formula is C45H56F3N13O5. The van der Waals surface area contributed by atoms with Crippen molar-refractivity contribution in [3.8, 4) is 0 Å². The lowest BCUT2D eigenvalue weighted by atomic mass is 9.85. The number of carbonyl (C=O) groups is 3. The van der Waals surface area contributed by atoms with Gasteiger partial charge in [-0.3, -0.25) is 38.4 Å². The maximum atomic E-state index is 16.2. The van der Waals surface area contributed by atoms with Crippen LogP contribution < -0.4 is 26.1 Å². The Balaban J connectivity index is 0.703. The fourth-order valence-electron chi connectivity index (χ4n) is 10.7. The Morgan fingerprint density at radius 1 is 1.00 bits per heavy atom. The van der Waals surface area contributed by atoms with Crippen molar-refractivity contribution in [1.29, 1.82) is 0 Å². The van der Waals surface area contributed by atoms with Gasteiger partial charge in [0.15, 0.2) is 17.0 Å². The molecule has 2 N–H and O–H groups in total. The van der Waals surface area contributed by atoms with Gasteiger partial charge in [-0.2, -0.15) is 10.2 Å². The zero-order valence-electron chi connectivity index (χ0n) is 37.3. The zero-order chi connectivity index (χ0) is 45.9. The van der Waals surface area contributed by atoms with E-state index in [1.54, 1.807) is 24.0 Å². The molecule has 1 aromatic carbocycles. The van der Waals surface area contributed by atoms with Crippen molar-refractivity contribution in [1.82, 2.24) is 48.6 Å². The van der Waals surface area contributed by atoms with Crippen molar-refractivity contribution < 1.29 is 32.3 Å². The minimum absolute atomic E-state index is 0.0276. The number of aryl methyl sites for hydroxylation is 1. The Morgan fingerprint density at radius 2 is 1.77 bits per heavy atom. The number of fused-ring (bicyclic) bond motifs is 2. The molecule has 0 radical (unpaired) electrons. The van der Waals surface area contributed by atoms with Crippen LogP contribution in [0.5, 0.6) is 0 Å². The highest BCUT2D eigenvalue weighted by Crippen LogP contribution is 2.38. The Morgan fingerprint density at radius 3 is 2.52 bits per heavy atom. The number of aromatic nitrogens is 7. The number of piperazine rings is 1. The van der Waals surface area contributed by atoms with Crippen LogP contribution in [0, 0.1) is 5.92 Å². The largest absolute Gasteiger partial charge is 0.375 e. The molecule has 4 aliphatic heterocycles. The average molecular weight is 916 g/mol. The van der Waals surface area contributed by atoms with E-state index in [0.29, 0.717) is 54.7 Å². The molecule has 4 aromatic heterocycles.